The van der Waals surface area contributed by atoms with Gasteiger partial charge in [0.15, 0.2) is 5.82 Å². The van der Waals surface area contributed by atoms with E-state index in [2.05, 4.69) is 25.2 Å². The monoisotopic (exact) mass is 287 g/mol. The zero-order chi connectivity index (χ0) is 13.8. The Kier molecular flexibility index (Phi) is 4.00. The Balaban J connectivity index is 2.19. The summed E-state index contributed by atoms with van der Waals surface area (Å²) < 4.78 is 31.7. The van der Waals surface area contributed by atoms with Crippen molar-refractivity contribution in [2.75, 3.05) is 7.11 Å². The molecule has 0 saturated carbocycles. The van der Waals surface area contributed by atoms with Crippen molar-refractivity contribution in [3.63, 3.8) is 0 Å². The topological polar surface area (TPSA) is 82.8 Å². The molecule has 7 nitrogen and oxygen atoms in total. The van der Waals surface area contributed by atoms with Crippen LogP contribution in [0, 0.1) is 11.6 Å². The van der Waals surface area contributed by atoms with E-state index in [0.717, 1.165) is 22.6 Å². The number of tetrazole rings is 1. The molecule has 0 fully saturated rings. The first-order chi connectivity index (χ1) is 9.10. The van der Waals surface area contributed by atoms with E-state index in [0.29, 0.717) is 6.07 Å². The summed E-state index contributed by atoms with van der Waals surface area (Å²) in [6, 6.07) is 0.698. The molecule has 2 aromatic rings. The van der Waals surface area contributed by atoms with Crippen LogP contribution in [0.1, 0.15) is 0 Å². The molecule has 0 N–H and O–H groups in total. The molecule has 0 aliphatic carbocycles. The lowest BCUT2D eigenvalue weighted by molar-refractivity contribution is -0.141. The first-order valence-corrected chi connectivity index (χ1v) is 5.73. The van der Waals surface area contributed by atoms with Gasteiger partial charge >= 0.3 is 5.97 Å². The molecule has 10 heteroatoms. The summed E-state index contributed by atoms with van der Waals surface area (Å²) in [5.41, 5.74) is 0. The van der Waals surface area contributed by atoms with Gasteiger partial charge in [0.05, 0.1) is 13.3 Å². The molecule has 0 aliphatic rings. The second-order valence-electron chi connectivity index (χ2n) is 3.24. The van der Waals surface area contributed by atoms with Crippen molar-refractivity contribution in [1.29, 1.82) is 0 Å². The summed E-state index contributed by atoms with van der Waals surface area (Å²) in [4.78, 5) is 14.7. The number of carbonyl (C=O) groups excluding carboxylic acids is 1. The number of ether oxygens (including phenoxy) is 1. The number of methoxy groups -OCH3 is 1. The van der Waals surface area contributed by atoms with Crippen LogP contribution in [0.15, 0.2) is 22.4 Å². The van der Waals surface area contributed by atoms with Crippen LogP contribution in [-0.2, 0) is 16.1 Å². The normalized spacial score (nSPS) is 10.5. The molecule has 2 rings (SSSR count). The summed E-state index contributed by atoms with van der Waals surface area (Å²) >= 11 is 0.775. The van der Waals surface area contributed by atoms with Crippen molar-refractivity contribution in [2.24, 2.45) is 0 Å². The van der Waals surface area contributed by atoms with Gasteiger partial charge in [-0.2, -0.15) is 0 Å². The van der Waals surface area contributed by atoms with Crippen molar-refractivity contribution in [2.45, 2.75) is 16.7 Å². The predicted molar refractivity (Wildman–Crippen MR) is 58.1 cm³/mol. The molecule has 0 bridgehead atoms. The van der Waals surface area contributed by atoms with Crippen LogP contribution >= 0.6 is 11.8 Å². The molecule has 19 heavy (non-hydrogen) atoms. The highest BCUT2D eigenvalue weighted by Crippen LogP contribution is 2.25. The molecule has 2 aromatic heterocycles. The number of pyridine rings is 1. The maximum absolute atomic E-state index is 13.4. The minimum atomic E-state index is -0.836. The molecule has 0 aliphatic heterocycles. The second-order valence-corrected chi connectivity index (χ2v) is 4.19. The van der Waals surface area contributed by atoms with Crippen LogP contribution in [0.2, 0.25) is 0 Å². The minimum Gasteiger partial charge on any atom is -0.468 e. The largest absolute Gasteiger partial charge is 0.468 e. The number of hydrogen-bond donors (Lipinski definition) is 0. The third-order valence-corrected chi connectivity index (χ3v) is 2.94. The first-order valence-electron chi connectivity index (χ1n) is 4.92. The highest BCUT2D eigenvalue weighted by atomic mass is 32.2. The molecular weight excluding hydrogens is 280 g/mol. The Morgan fingerprint density at radius 3 is 3.00 bits per heavy atom. The predicted octanol–water partition coefficient (Wildman–Crippen LogP) is 0.670. The number of hydrogen-bond acceptors (Lipinski definition) is 7. The summed E-state index contributed by atoms with van der Waals surface area (Å²) in [5.74, 6) is -2.17. The van der Waals surface area contributed by atoms with E-state index in [4.69, 9.17) is 0 Å². The number of rotatable bonds is 4. The molecule has 0 amide bonds. The van der Waals surface area contributed by atoms with Gasteiger partial charge in [0.1, 0.15) is 17.4 Å². The van der Waals surface area contributed by atoms with Crippen molar-refractivity contribution < 1.29 is 18.3 Å². The van der Waals surface area contributed by atoms with E-state index >= 15 is 0 Å². The Morgan fingerprint density at radius 2 is 2.32 bits per heavy atom. The van der Waals surface area contributed by atoms with E-state index < -0.39 is 17.6 Å². The molecular formula is C9H7F2N5O2S. The smallest absolute Gasteiger partial charge is 0.327 e. The number of nitrogens with zero attached hydrogens (tertiary/aromatic N) is 5. The molecule has 100 valence electrons. The number of halogens is 2. The van der Waals surface area contributed by atoms with Crippen LogP contribution in [0.3, 0.4) is 0 Å². The van der Waals surface area contributed by atoms with Gasteiger partial charge in [-0.1, -0.05) is 0 Å². The van der Waals surface area contributed by atoms with Crippen molar-refractivity contribution in [1.82, 2.24) is 25.2 Å². The fraction of sp³-hybridized carbons (Fsp3) is 0.222. The van der Waals surface area contributed by atoms with E-state index in [1.165, 1.54) is 7.11 Å². The van der Waals surface area contributed by atoms with E-state index in [-0.39, 0.29) is 16.7 Å². The third kappa shape index (κ3) is 3.22. The van der Waals surface area contributed by atoms with Gasteiger partial charge in [-0.25, -0.2) is 18.4 Å². The number of aromatic nitrogens is 5. The van der Waals surface area contributed by atoms with Crippen LogP contribution < -0.4 is 0 Å². The van der Waals surface area contributed by atoms with E-state index in [1.54, 1.807) is 0 Å². The Hall–Kier alpha value is -2.10. The quantitative estimate of drug-likeness (QED) is 0.764. The van der Waals surface area contributed by atoms with Crippen LogP contribution in [0.5, 0.6) is 0 Å². The van der Waals surface area contributed by atoms with Gasteiger partial charge in [0.2, 0.25) is 5.16 Å². The van der Waals surface area contributed by atoms with Crippen LogP contribution in [0.25, 0.3) is 0 Å². The minimum absolute atomic E-state index is 0.0951. The summed E-state index contributed by atoms with van der Waals surface area (Å²) in [6.45, 7) is -0.214. The standard InChI is InChI=1S/C9H7F2N5O2S/c1-18-7(17)4-16-9(13-14-15-16)19-8-6(11)2-5(10)3-12-8/h2-3H,4H2,1H3. The fourth-order valence-corrected chi connectivity index (χ4v) is 1.84. The van der Waals surface area contributed by atoms with Crippen molar-refractivity contribution >= 4 is 17.7 Å². The zero-order valence-corrected chi connectivity index (χ0v) is 10.4. The fourth-order valence-electron chi connectivity index (χ4n) is 1.12. The first kappa shape index (κ1) is 13.3. The molecule has 0 unspecified atom stereocenters. The summed E-state index contributed by atoms with van der Waals surface area (Å²) in [7, 11) is 1.22. The van der Waals surface area contributed by atoms with Crippen LogP contribution in [0.4, 0.5) is 8.78 Å². The molecule has 2 heterocycles. The van der Waals surface area contributed by atoms with Gasteiger partial charge in [-0.3, -0.25) is 4.79 Å². The third-order valence-electron chi connectivity index (χ3n) is 1.97. The Morgan fingerprint density at radius 1 is 1.53 bits per heavy atom. The van der Waals surface area contributed by atoms with Gasteiger partial charge in [-0.05, 0) is 22.2 Å². The maximum Gasteiger partial charge on any atom is 0.327 e. The van der Waals surface area contributed by atoms with Gasteiger partial charge in [0.25, 0.3) is 0 Å². The van der Waals surface area contributed by atoms with Crippen molar-refractivity contribution in [3.8, 4) is 0 Å². The molecule has 0 atom stereocenters. The lowest BCUT2D eigenvalue weighted by Crippen LogP contribution is -2.13. The summed E-state index contributed by atoms with van der Waals surface area (Å²) in [5, 5.41) is 10.6. The molecule has 0 aromatic carbocycles. The number of esters is 1. The van der Waals surface area contributed by atoms with E-state index in [1.807, 2.05) is 0 Å². The van der Waals surface area contributed by atoms with Gasteiger partial charge in [0, 0.05) is 6.07 Å². The average molecular weight is 287 g/mol. The maximum atomic E-state index is 13.4. The molecule has 0 radical (unpaired) electrons. The molecule has 0 spiro atoms. The highest BCUT2D eigenvalue weighted by Gasteiger charge is 2.15. The average Bonchev–Trinajstić information content (AvgIpc) is 2.80. The highest BCUT2D eigenvalue weighted by molar-refractivity contribution is 7.99. The van der Waals surface area contributed by atoms with E-state index in [9.17, 15) is 13.6 Å². The lowest BCUT2D eigenvalue weighted by Gasteiger charge is -2.03. The van der Waals surface area contributed by atoms with Crippen molar-refractivity contribution in [3.05, 3.63) is 23.9 Å². The Labute approximate surface area is 110 Å². The molecule has 0 saturated heterocycles. The Bertz CT molecular complexity index is 606. The van der Waals surface area contributed by atoms with Gasteiger partial charge < -0.3 is 4.74 Å². The summed E-state index contributed by atoms with van der Waals surface area (Å²) in [6.07, 6.45) is 0.875. The SMILES string of the molecule is COC(=O)Cn1nnnc1Sc1ncc(F)cc1F. The number of carbonyl (C=O) groups is 1. The lowest BCUT2D eigenvalue weighted by atomic mass is 10.5. The zero-order valence-electron chi connectivity index (χ0n) is 9.58. The van der Waals surface area contributed by atoms with Gasteiger partial charge in [-0.15, -0.1) is 5.10 Å². The second kappa shape index (κ2) is 5.69. The van der Waals surface area contributed by atoms with Crippen LogP contribution in [-0.4, -0.2) is 38.3 Å².